The Bertz CT molecular complexity index is 822. The van der Waals surface area contributed by atoms with Crippen LogP contribution in [-0.4, -0.2) is 24.2 Å². The molecule has 0 radical (unpaired) electrons. The van der Waals surface area contributed by atoms with Crippen LogP contribution < -0.4 is 20.5 Å². The highest BCUT2D eigenvalue weighted by Crippen LogP contribution is 2.41. The van der Waals surface area contributed by atoms with Gasteiger partial charge >= 0.3 is 0 Å². The number of fused-ring (bicyclic) bond motifs is 1. The number of nitrogen functional groups attached to an aromatic ring is 1. The van der Waals surface area contributed by atoms with Crippen molar-refractivity contribution >= 4 is 22.3 Å². The Morgan fingerprint density at radius 3 is 2.61 bits per heavy atom. The van der Waals surface area contributed by atoms with Gasteiger partial charge in [-0.15, -0.1) is 0 Å². The summed E-state index contributed by atoms with van der Waals surface area (Å²) in [6.07, 6.45) is 3.48. The standard InChI is InChI=1S/C17H18N4O2/c1-22-14-9-13-12(15(18)16(14)23-2)6-8-20-17(13)21-10-11-5-3-4-7-19-11/h3-9H,10,18H2,1-2H3,(H,20,21). The van der Waals surface area contributed by atoms with Crippen molar-refractivity contribution in [3.05, 3.63) is 48.4 Å². The number of nitrogens with zero attached hydrogens (tertiary/aromatic N) is 2. The van der Waals surface area contributed by atoms with Crippen LogP contribution in [0.3, 0.4) is 0 Å². The van der Waals surface area contributed by atoms with Gasteiger partial charge in [-0.2, -0.15) is 0 Å². The summed E-state index contributed by atoms with van der Waals surface area (Å²) < 4.78 is 10.7. The van der Waals surface area contributed by atoms with Gasteiger partial charge in [0, 0.05) is 23.2 Å². The molecule has 0 saturated carbocycles. The van der Waals surface area contributed by atoms with Crippen molar-refractivity contribution < 1.29 is 9.47 Å². The van der Waals surface area contributed by atoms with Crippen LogP contribution >= 0.6 is 0 Å². The molecular weight excluding hydrogens is 292 g/mol. The van der Waals surface area contributed by atoms with Crippen molar-refractivity contribution in [2.45, 2.75) is 6.54 Å². The fraction of sp³-hybridized carbons (Fsp3) is 0.176. The minimum atomic E-state index is 0.530. The first-order valence-electron chi connectivity index (χ1n) is 7.17. The first kappa shape index (κ1) is 14.9. The highest BCUT2D eigenvalue weighted by molar-refractivity contribution is 6.03. The molecule has 1 aromatic carbocycles. The Morgan fingerprint density at radius 2 is 1.91 bits per heavy atom. The van der Waals surface area contributed by atoms with Crippen LogP contribution in [0.2, 0.25) is 0 Å². The van der Waals surface area contributed by atoms with Crippen molar-refractivity contribution in [3.8, 4) is 11.5 Å². The van der Waals surface area contributed by atoms with E-state index in [1.165, 1.54) is 0 Å². The summed E-state index contributed by atoms with van der Waals surface area (Å²) in [7, 11) is 3.15. The zero-order valence-corrected chi connectivity index (χ0v) is 13.0. The van der Waals surface area contributed by atoms with Gasteiger partial charge in [-0.25, -0.2) is 4.98 Å². The Morgan fingerprint density at radius 1 is 1.04 bits per heavy atom. The number of hydrogen-bond acceptors (Lipinski definition) is 6. The molecule has 0 bridgehead atoms. The Hall–Kier alpha value is -3.02. The first-order valence-corrected chi connectivity index (χ1v) is 7.17. The summed E-state index contributed by atoms with van der Waals surface area (Å²) in [5, 5.41) is 5.03. The lowest BCUT2D eigenvalue weighted by molar-refractivity contribution is 0.357. The lowest BCUT2D eigenvalue weighted by Crippen LogP contribution is -2.04. The number of nitrogens with one attached hydrogen (secondary N) is 1. The smallest absolute Gasteiger partial charge is 0.184 e. The molecule has 0 fully saturated rings. The van der Waals surface area contributed by atoms with Gasteiger partial charge in [0.25, 0.3) is 0 Å². The van der Waals surface area contributed by atoms with Crippen molar-refractivity contribution in [1.82, 2.24) is 9.97 Å². The van der Waals surface area contributed by atoms with Gasteiger partial charge in [-0.1, -0.05) is 6.07 Å². The number of benzene rings is 1. The van der Waals surface area contributed by atoms with Gasteiger partial charge < -0.3 is 20.5 Å². The molecule has 2 heterocycles. The number of hydrogen-bond donors (Lipinski definition) is 2. The summed E-state index contributed by atoms with van der Waals surface area (Å²) in [5.41, 5.74) is 7.67. The van der Waals surface area contributed by atoms with Gasteiger partial charge in [0.2, 0.25) is 0 Å². The molecule has 0 amide bonds. The number of anilines is 2. The monoisotopic (exact) mass is 310 g/mol. The van der Waals surface area contributed by atoms with E-state index < -0.39 is 0 Å². The van der Waals surface area contributed by atoms with Crippen LogP contribution in [0.15, 0.2) is 42.7 Å². The van der Waals surface area contributed by atoms with E-state index in [4.69, 9.17) is 15.2 Å². The molecule has 0 aliphatic rings. The first-order chi connectivity index (χ1) is 11.2. The van der Waals surface area contributed by atoms with Gasteiger partial charge in [0.05, 0.1) is 32.1 Å². The summed E-state index contributed by atoms with van der Waals surface area (Å²) in [5.74, 6) is 1.83. The van der Waals surface area contributed by atoms with E-state index in [1.54, 1.807) is 26.6 Å². The molecule has 3 aromatic rings. The van der Waals surface area contributed by atoms with E-state index in [0.29, 0.717) is 23.7 Å². The second kappa shape index (κ2) is 6.39. The summed E-state index contributed by atoms with van der Waals surface area (Å²) in [6, 6.07) is 9.52. The Balaban J connectivity index is 2.02. The lowest BCUT2D eigenvalue weighted by Gasteiger charge is -2.15. The highest BCUT2D eigenvalue weighted by Gasteiger charge is 2.15. The average molecular weight is 310 g/mol. The molecule has 118 valence electrons. The minimum absolute atomic E-state index is 0.530. The van der Waals surface area contributed by atoms with Crippen LogP contribution in [0.1, 0.15) is 5.69 Å². The minimum Gasteiger partial charge on any atom is -0.493 e. The van der Waals surface area contributed by atoms with Gasteiger partial charge in [-0.3, -0.25) is 4.98 Å². The van der Waals surface area contributed by atoms with Crippen LogP contribution in [0, 0.1) is 0 Å². The van der Waals surface area contributed by atoms with E-state index in [-0.39, 0.29) is 0 Å². The van der Waals surface area contributed by atoms with E-state index >= 15 is 0 Å². The van der Waals surface area contributed by atoms with Crippen LogP contribution in [0.4, 0.5) is 11.5 Å². The molecule has 0 spiro atoms. The Kier molecular flexibility index (Phi) is 4.14. The van der Waals surface area contributed by atoms with Crippen LogP contribution in [0.25, 0.3) is 10.8 Å². The number of methoxy groups -OCH3 is 2. The fourth-order valence-corrected chi connectivity index (χ4v) is 2.49. The summed E-state index contributed by atoms with van der Waals surface area (Å²) in [4.78, 5) is 8.70. The highest BCUT2D eigenvalue weighted by atomic mass is 16.5. The number of aromatic nitrogens is 2. The topological polar surface area (TPSA) is 82.3 Å². The van der Waals surface area contributed by atoms with Crippen molar-refractivity contribution in [2.24, 2.45) is 0 Å². The molecule has 0 aliphatic heterocycles. The van der Waals surface area contributed by atoms with Crippen molar-refractivity contribution in [1.29, 1.82) is 0 Å². The molecule has 0 atom stereocenters. The molecule has 6 nitrogen and oxygen atoms in total. The zero-order valence-electron chi connectivity index (χ0n) is 13.0. The van der Waals surface area contributed by atoms with Crippen LogP contribution in [-0.2, 0) is 6.54 Å². The van der Waals surface area contributed by atoms with E-state index in [2.05, 4.69) is 15.3 Å². The number of ether oxygens (including phenoxy) is 2. The average Bonchev–Trinajstić information content (AvgIpc) is 2.60. The van der Waals surface area contributed by atoms with E-state index in [9.17, 15) is 0 Å². The lowest BCUT2D eigenvalue weighted by atomic mass is 10.1. The second-order valence-electron chi connectivity index (χ2n) is 4.96. The molecule has 3 N–H and O–H groups in total. The maximum atomic E-state index is 6.21. The summed E-state index contributed by atoms with van der Waals surface area (Å²) in [6.45, 7) is 0.571. The molecule has 3 rings (SSSR count). The predicted molar refractivity (Wildman–Crippen MR) is 90.8 cm³/mol. The van der Waals surface area contributed by atoms with E-state index in [1.807, 2.05) is 30.3 Å². The SMILES string of the molecule is COc1cc2c(NCc3ccccn3)nccc2c(N)c1OC. The third-order valence-corrected chi connectivity index (χ3v) is 3.61. The molecule has 2 aromatic heterocycles. The Labute approximate surface area is 134 Å². The quantitative estimate of drug-likeness (QED) is 0.705. The molecule has 6 heteroatoms. The fourth-order valence-electron chi connectivity index (χ4n) is 2.49. The number of nitrogens with two attached hydrogens (primary N) is 1. The molecule has 23 heavy (non-hydrogen) atoms. The predicted octanol–water partition coefficient (Wildman–Crippen LogP) is 2.84. The van der Waals surface area contributed by atoms with Gasteiger partial charge in [-0.05, 0) is 24.3 Å². The largest absolute Gasteiger partial charge is 0.493 e. The number of rotatable bonds is 5. The maximum Gasteiger partial charge on any atom is 0.184 e. The van der Waals surface area contributed by atoms with Crippen molar-refractivity contribution in [3.63, 3.8) is 0 Å². The van der Waals surface area contributed by atoms with Gasteiger partial charge in [0.1, 0.15) is 5.82 Å². The third kappa shape index (κ3) is 2.83. The third-order valence-electron chi connectivity index (χ3n) is 3.61. The molecule has 0 unspecified atom stereocenters. The normalized spacial score (nSPS) is 10.5. The van der Waals surface area contributed by atoms with Crippen LogP contribution in [0.5, 0.6) is 11.5 Å². The summed E-state index contributed by atoms with van der Waals surface area (Å²) >= 11 is 0. The zero-order chi connectivity index (χ0) is 16.2. The molecule has 0 saturated heterocycles. The molecular formula is C17H18N4O2. The maximum absolute atomic E-state index is 6.21. The van der Waals surface area contributed by atoms with E-state index in [0.717, 1.165) is 22.3 Å². The number of pyridine rings is 2. The molecule has 0 aliphatic carbocycles. The van der Waals surface area contributed by atoms with Crippen molar-refractivity contribution in [2.75, 3.05) is 25.3 Å². The van der Waals surface area contributed by atoms with Gasteiger partial charge in [0.15, 0.2) is 11.5 Å². The second-order valence-corrected chi connectivity index (χ2v) is 4.96.